The largest absolute Gasteiger partial charge is 0.480 e. The Hall–Kier alpha value is -2.88. The molecule has 2 N–H and O–H groups in total. The molecule has 1 aliphatic carbocycles. The average Bonchev–Trinajstić information content (AvgIpc) is 3.24. The fourth-order valence-corrected chi connectivity index (χ4v) is 4.41. The van der Waals surface area contributed by atoms with Gasteiger partial charge in [0.2, 0.25) is 11.8 Å². The van der Waals surface area contributed by atoms with Gasteiger partial charge in [-0.2, -0.15) is 5.10 Å². The number of alkyl carbamates (subject to hydrolysis) is 1. The fraction of sp³-hybridized carbons (Fsp3) is 0.625. The second-order valence-corrected chi connectivity index (χ2v) is 10.5. The maximum absolute atomic E-state index is 13.3. The summed E-state index contributed by atoms with van der Waals surface area (Å²) in [5.41, 5.74) is 0.554. The van der Waals surface area contributed by atoms with Gasteiger partial charge >= 0.3 is 6.09 Å². The lowest BCUT2D eigenvalue weighted by atomic mass is 9.79. The monoisotopic (exact) mass is 506 g/mol. The first-order valence-electron chi connectivity index (χ1n) is 11.9. The van der Waals surface area contributed by atoms with Crippen LogP contribution in [-0.2, 0) is 9.53 Å². The summed E-state index contributed by atoms with van der Waals surface area (Å²) in [7, 11) is 1.51. The predicted molar refractivity (Wildman–Crippen MR) is 133 cm³/mol. The van der Waals surface area contributed by atoms with Crippen molar-refractivity contribution in [3.8, 4) is 5.88 Å². The van der Waals surface area contributed by atoms with Gasteiger partial charge in [0.05, 0.1) is 25.0 Å². The highest BCUT2D eigenvalue weighted by Gasteiger charge is 2.34. The molecule has 1 aliphatic rings. The van der Waals surface area contributed by atoms with Crippen LogP contribution in [0.1, 0.15) is 71.9 Å². The Bertz CT molecular complexity index is 1030. The van der Waals surface area contributed by atoms with Gasteiger partial charge < -0.3 is 20.1 Å². The van der Waals surface area contributed by atoms with Crippen LogP contribution in [0.4, 0.5) is 10.5 Å². The van der Waals surface area contributed by atoms with E-state index in [0.29, 0.717) is 23.0 Å². The quantitative estimate of drug-likeness (QED) is 0.562. The highest BCUT2D eigenvalue weighted by Crippen LogP contribution is 2.32. The smallest absolute Gasteiger partial charge is 0.408 e. The van der Waals surface area contributed by atoms with Crippen molar-refractivity contribution in [2.45, 2.75) is 78.0 Å². The Balaban J connectivity index is 1.75. The lowest BCUT2D eigenvalue weighted by Gasteiger charge is -2.32. The van der Waals surface area contributed by atoms with Crippen molar-refractivity contribution in [2.24, 2.45) is 11.8 Å². The first-order valence-corrected chi connectivity index (χ1v) is 12.3. The Morgan fingerprint density at radius 3 is 2.51 bits per heavy atom. The standard InChI is InChI=1S/C24H35ClN6O4/c1-14-7-9-16(10-8-14)20(28-23(33)35-24(3,4)5)21(32)27-17-12-26-31(13-17)15(2)18-11-19(25)29-30-22(18)34-6/h11-16,20H,7-10H2,1-6H3,(H,27,32)(H,28,33)/t14?,15?,16?,20-/m0/s1. The zero-order valence-electron chi connectivity index (χ0n) is 21.2. The van der Waals surface area contributed by atoms with E-state index in [1.54, 1.807) is 43.9 Å². The van der Waals surface area contributed by atoms with Gasteiger partial charge in [0.15, 0.2) is 5.15 Å². The Morgan fingerprint density at radius 1 is 1.20 bits per heavy atom. The number of nitrogens with zero attached hydrogens (tertiary/aromatic N) is 4. The minimum atomic E-state index is -0.707. The molecule has 3 rings (SSSR count). The van der Waals surface area contributed by atoms with E-state index in [9.17, 15) is 9.59 Å². The van der Waals surface area contributed by atoms with E-state index in [-0.39, 0.29) is 23.0 Å². The summed E-state index contributed by atoms with van der Waals surface area (Å²) < 4.78 is 12.4. The van der Waals surface area contributed by atoms with E-state index < -0.39 is 17.7 Å². The van der Waals surface area contributed by atoms with Crippen molar-refractivity contribution >= 4 is 29.3 Å². The van der Waals surface area contributed by atoms with Gasteiger partial charge in [0, 0.05) is 11.8 Å². The van der Waals surface area contributed by atoms with Crippen molar-refractivity contribution in [2.75, 3.05) is 12.4 Å². The van der Waals surface area contributed by atoms with Crippen LogP contribution in [0.2, 0.25) is 5.15 Å². The van der Waals surface area contributed by atoms with Gasteiger partial charge in [0.1, 0.15) is 11.6 Å². The molecule has 2 heterocycles. The molecule has 2 aromatic rings. The molecule has 2 atom stereocenters. The van der Waals surface area contributed by atoms with E-state index in [1.165, 1.54) is 7.11 Å². The molecular formula is C24H35ClN6O4. The van der Waals surface area contributed by atoms with Crippen molar-refractivity contribution in [1.29, 1.82) is 0 Å². The normalized spacial score (nSPS) is 20.0. The lowest BCUT2D eigenvalue weighted by molar-refractivity contribution is -0.119. The summed E-state index contributed by atoms with van der Waals surface area (Å²) in [6.45, 7) is 9.49. The lowest BCUT2D eigenvalue weighted by Crippen LogP contribution is -2.50. The van der Waals surface area contributed by atoms with Crippen molar-refractivity contribution < 1.29 is 19.1 Å². The molecule has 0 radical (unpaired) electrons. The molecular weight excluding hydrogens is 472 g/mol. The topological polar surface area (TPSA) is 120 Å². The molecule has 35 heavy (non-hydrogen) atoms. The maximum Gasteiger partial charge on any atom is 0.408 e. The molecule has 192 valence electrons. The van der Waals surface area contributed by atoms with E-state index in [4.69, 9.17) is 21.1 Å². The summed E-state index contributed by atoms with van der Waals surface area (Å²) >= 11 is 6.02. The van der Waals surface area contributed by atoms with Gasteiger partial charge in [-0.05, 0) is 58.4 Å². The van der Waals surface area contributed by atoms with Gasteiger partial charge in [-0.1, -0.05) is 31.4 Å². The number of carbonyl (C=O) groups is 2. The highest BCUT2D eigenvalue weighted by molar-refractivity contribution is 6.29. The second-order valence-electron chi connectivity index (χ2n) is 10.1. The Labute approximate surface area is 211 Å². The number of amides is 2. The van der Waals surface area contributed by atoms with Crippen LogP contribution in [0.5, 0.6) is 5.88 Å². The molecule has 0 aliphatic heterocycles. The highest BCUT2D eigenvalue weighted by atomic mass is 35.5. The van der Waals surface area contributed by atoms with Crippen molar-refractivity contribution in [1.82, 2.24) is 25.3 Å². The molecule has 0 aromatic carbocycles. The number of hydrogen-bond acceptors (Lipinski definition) is 7. The average molecular weight is 507 g/mol. The number of halogens is 1. The predicted octanol–water partition coefficient (Wildman–Crippen LogP) is 4.60. The molecule has 1 fully saturated rings. The van der Waals surface area contributed by atoms with Crippen molar-refractivity contribution in [3.63, 3.8) is 0 Å². The molecule has 10 nitrogen and oxygen atoms in total. The van der Waals surface area contributed by atoms with Crippen LogP contribution >= 0.6 is 11.6 Å². The maximum atomic E-state index is 13.3. The molecule has 1 unspecified atom stereocenters. The molecule has 0 spiro atoms. The number of nitrogens with one attached hydrogen (secondary N) is 2. The van der Waals surface area contributed by atoms with Crippen LogP contribution in [0.15, 0.2) is 18.5 Å². The summed E-state index contributed by atoms with van der Waals surface area (Å²) in [5.74, 6) is 0.691. The van der Waals surface area contributed by atoms with Gasteiger partial charge in [-0.25, -0.2) is 4.79 Å². The first-order chi connectivity index (χ1) is 16.5. The SMILES string of the molecule is COc1nnc(Cl)cc1C(C)n1cc(NC(=O)[C@@H](NC(=O)OC(C)(C)C)C2CCC(C)CC2)cn1. The number of anilines is 1. The van der Waals surface area contributed by atoms with E-state index in [0.717, 1.165) is 25.7 Å². The number of methoxy groups -OCH3 is 1. The van der Waals surface area contributed by atoms with Gasteiger partial charge in [-0.15, -0.1) is 10.2 Å². The number of hydrogen-bond donors (Lipinski definition) is 2. The van der Waals surface area contributed by atoms with Gasteiger partial charge in [0.25, 0.3) is 0 Å². The van der Waals surface area contributed by atoms with Crippen LogP contribution < -0.4 is 15.4 Å². The van der Waals surface area contributed by atoms with E-state index >= 15 is 0 Å². The number of carbonyl (C=O) groups excluding carboxylic acids is 2. The number of ether oxygens (including phenoxy) is 2. The molecule has 0 saturated heterocycles. The van der Waals surface area contributed by atoms with Crippen LogP contribution in [-0.4, -0.2) is 50.7 Å². The first kappa shape index (κ1) is 26.7. The summed E-state index contributed by atoms with van der Waals surface area (Å²) in [5, 5.41) is 18.1. The zero-order chi connectivity index (χ0) is 25.8. The Morgan fingerprint density at radius 2 is 1.89 bits per heavy atom. The summed E-state index contributed by atoms with van der Waals surface area (Å²) in [6.07, 6.45) is 6.43. The minimum Gasteiger partial charge on any atom is -0.480 e. The third-order valence-electron chi connectivity index (χ3n) is 6.15. The zero-order valence-corrected chi connectivity index (χ0v) is 21.9. The van der Waals surface area contributed by atoms with Gasteiger partial charge in [-0.3, -0.25) is 9.48 Å². The van der Waals surface area contributed by atoms with E-state index in [2.05, 4.69) is 32.9 Å². The third-order valence-corrected chi connectivity index (χ3v) is 6.34. The molecule has 11 heteroatoms. The summed E-state index contributed by atoms with van der Waals surface area (Å²) in [6, 6.07) is 0.684. The molecule has 0 bridgehead atoms. The van der Waals surface area contributed by atoms with Crippen LogP contribution in [0.3, 0.4) is 0 Å². The van der Waals surface area contributed by atoms with E-state index in [1.807, 2.05) is 6.92 Å². The van der Waals surface area contributed by atoms with Crippen LogP contribution in [0.25, 0.3) is 0 Å². The fourth-order valence-electron chi connectivity index (χ4n) is 4.26. The molecule has 2 aromatic heterocycles. The summed E-state index contributed by atoms with van der Waals surface area (Å²) in [4.78, 5) is 25.8. The number of aromatic nitrogens is 4. The van der Waals surface area contributed by atoms with Crippen molar-refractivity contribution in [3.05, 3.63) is 29.2 Å². The van der Waals surface area contributed by atoms with Crippen LogP contribution in [0, 0.1) is 11.8 Å². The third kappa shape index (κ3) is 7.30. The second kappa shape index (κ2) is 11.2. The molecule has 1 saturated carbocycles. The minimum absolute atomic E-state index is 0.0296. The number of rotatable bonds is 7. The molecule has 2 amide bonds. The Kier molecular flexibility index (Phi) is 8.58.